The van der Waals surface area contributed by atoms with Gasteiger partial charge in [-0.1, -0.05) is 11.6 Å². The summed E-state index contributed by atoms with van der Waals surface area (Å²) in [4.78, 5) is 10.9. The van der Waals surface area contributed by atoms with Crippen LogP contribution in [-0.2, 0) is 9.53 Å². The maximum atomic E-state index is 10.9. The molecule has 0 aliphatic rings. The van der Waals surface area contributed by atoms with Crippen LogP contribution in [0, 0.1) is 0 Å². The molecule has 0 aromatic carbocycles. The van der Waals surface area contributed by atoms with Gasteiger partial charge in [-0.15, -0.1) is 0 Å². The monoisotopic (exact) mass is 192 g/mol. The van der Waals surface area contributed by atoms with E-state index in [1.165, 1.54) is 0 Å². The van der Waals surface area contributed by atoms with Crippen LogP contribution in [0.1, 0.15) is 26.7 Å². The lowest BCUT2D eigenvalue weighted by molar-refractivity contribution is -0.143. The molecule has 0 aromatic heterocycles. The van der Waals surface area contributed by atoms with Crippen molar-refractivity contribution in [2.75, 3.05) is 6.61 Å². The van der Waals surface area contributed by atoms with Crippen LogP contribution in [-0.4, -0.2) is 18.6 Å². The molecule has 0 aliphatic carbocycles. The summed E-state index contributed by atoms with van der Waals surface area (Å²) in [5.74, 6) is -0.256. The van der Waals surface area contributed by atoms with Gasteiger partial charge in [0.2, 0.25) is 0 Å². The third kappa shape index (κ3) is 5.07. The molecule has 70 valence electrons. The van der Waals surface area contributed by atoms with Crippen molar-refractivity contribution >= 4 is 17.7 Å². The molecule has 0 amide bonds. The molecule has 0 heterocycles. The molecule has 0 saturated carbocycles. The SMILES string of the molecule is CCOC(=O)CC(CC)N=NCl. The van der Waals surface area contributed by atoms with Gasteiger partial charge in [0.25, 0.3) is 0 Å². The van der Waals surface area contributed by atoms with Gasteiger partial charge in [0.05, 0.1) is 30.8 Å². The van der Waals surface area contributed by atoms with Crippen LogP contribution in [0.15, 0.2) is 9.75 Å². The van der Waals surface area contributed by atoms with Crippen molar-refractivity contribution in [3.05, 3.63) is 0 Å². The highest BCUT2D eigenvalue weighted by molar-refractivity contribution is 6.13. The maximum Gasteiger partial charge on any atom is 0.308 e. The minimum Gasteiger partial charge on any atom is -0.466 e. The summed E-state index contributed by atoms with van der Waals surface area (Å²) in [6.45, 7) is 4.07. The minimum atomic E-state index is -0.256. The van der Waals surface area contributed by atoms with Crippen LogP contribution in [0.2, 0.25) is 0 Å². The molecular weight excluding hydrogens is 180 g/mol. The summed E-state index contributed by atoms with van der Waals surface area (Å²) in [6, 6.07) is -0.151. The van der Waals surface area contributed by atoms with Gasteiger partial charge in [0, 0.05) is 0 Å². The number of nitrogens with zero attached hydrogens (tertiary/aromatic N) is 2. The first kappa shape index (κ1) is 11.4. The number of hydrogen-bond donors (Lipinski definition) is 0. The second-order valence-corrected chi connectivity index (χ2v) is 2.41. The first-order chi connectivity index (χ1) is 5.74. The van der Waals surface area contributed by atoms with Crippen molar-refractivity contribution in [3.63, 3.8) is 0 Å². The Morgan fingerprint density at radius 2 is 2.25 bits per heavy atom. The summed E-state index contributed by atoms with van der Waals surface area (Å²) in [5, 5.41) is 3.65. The first-order valence-electron chi connectivity index (χ1n) is 3.91. The van der Waals surface area contributed by atoms with Crippen LogP contribution in [0.4, 0.5) is 0 Å². The van der Waals surface area contributed by atoms with Gasteiger partial charge in [-0.2, -0.15) is 5.11 Å². The predicted octanol–water partition coefficient (Wildman–Crippen LogP) is 2.32. The Bertz CT molecular complexity index is 161. The Morgan fingerprint density at radius 3 is 2.67 bits per heavy atom. The molecule has 0 radical (unpaired) electrons. The zero-order valence-corrected chi connectivity index (χ0v) is 8.04. The minimum absolute atomic E-state index is 0.151. The Hall–Kier alpha value is -0.640. The molecule has 1 unspecified atom stereocenters. The van der Waals surface area contributed by atoms with Crippen molar-refractivity contribution in [2.24, 2.45) is 9.75 Å². The molecule has 0 bridgehead atoms. The first-order valence-corrected chi connectivity index (χ1v) is 4.25. The van der Waals surface area contributed by atoms with E-state index in [-0.39, 0.29) is 18.4 Å². The number of halogens is 1. The Kier molecular flexibility index (Phi) is 6.66. The average molecular weight is 193 g/mol. The van der Waals surface area contributed by atoms with E-state index in [4.69, 9.17) is 16.5 Å². The fourth-order valence-electron chi connectivity index (χ4n) is 0.741. The fraction of sp³-hybridized carbons (Fsp3) is 0.857. The molecule has 0 spiro atoms. The van der Waals surface area contributed by atoms with Crippen molar-refractivity contribution in [1.29, 1.82) is 0 Å². The molecular formula is C7H13ClN2O2. The maximum absolute atomic E-state index is 10.9. The molecule has 0 N–H and O–H groups in total. The highest BCUT2D eigenvalue weighted by Crippen LogP contribution is 2.05. The molecule has 1 atom stereocenters. The largest absolute Gasteiger partial charge is 0.466 e. The van der Waals surface area contributed by atoms with Crippen LogP contribution >= 0.6 is 11.8 Å². The van der Waals surface area contributed by atoms with E-state index in [2.05, 4.69) is 9.75 Å². The second kappa shape index (κ2) is 7.03. The van der Waals surface area contributed by atoms with E-state index in [1.807, 2.05) is 6.92 Å². The Balaban J connectivity index is 3.77. The van der Waals surface area contributed by atoms with Gasteiger partial charge in [-0.25, -0.2) is 0 Å². The van der Waals surface area contributed by atoms with Crippen LogP contribution in [0.3, 0.4) is 0 Å². The zero-order valence-electron chi connectivity index (χ0n) is 7.29. The summed E-state index contributed by atoms with van der Waals surface area (Å²) < 4.78 is 7.85. The van der Waals surface area contributed by atoms with Gasteiger partial charge in [-0.05, 0) is 13.3 Å². The molecule has 0 saturated heterocycles. The quantitative estimate of drug-likeness (QED) is 0.496. The molecule has 0 aromatic rings. The summed E-state index contributed by atoms with van der Waals surface area (Å²) in [5.41, 5.74) is 0. The van der Waals surface area contributed by atoms with Crippen LogP contribution < -0.4 is 0 Å². The van der Waals surface area contributed by atoms with Gasteiger partial charge >= 0.3 is 5.97 Å². The molecule has 12 heavy (non-hydrogen) atoms. The normalized spacial score (nSPS) is 13.2. The molecule has 0 aliphatic heterocycles. The van der Waals surface area contributed by atoms with Gasteiger partial charge in [-0.3, -0.25) is 4.79 Å². The lowest BCUT2D eigenvalue weighted by Crippen LogP contribution is -2.13. The Labute approximate surface area is 77.1 Å². The standard InChI is InChI=1S/C7H13ClN2O2/c1-3-6(9-10-8)5-7(11)12-4-2/h6H,3-5H2,1-2H3. The topological polar surface area (TPSA) is 51.0 Å². The van der Waals surface area contributed by atoms with E-state index in [0.717, 1.165) is 6.42 Å². The van der Waals surface area contributed by atoms with Crippen molar-refractivity contribution in [3.8, 4) is 0 Å². The fourth-order valence-corrected chi connectivity index (χ4v) is 0.864. The van der Waals surface area contributed by atoms with Crippen molar-refractivity contribution in [2.45, 2.75) is 32.7 Å². The second-order valence-electron chi connectivity index (χ2n) is 2.26. The summed E-state index contributed by atoms with van der Waals surface area (Å²) in [7, 11) is 0. The van der Waals surface area contributed by atoms with Crippen molar-refractivity contribution < 1.29 is 9.53 Å². The highest BCUT2D eigenvalue weighted by Gasteiger charge is 2.11. The van der Waals surface area contributed by atoms with E-state index >= 15 is 0 Å². The summed E-state index contributed by atoms with van der Waals surface area (Å²) in [6.07, 6.45) is 0.982. The van der Waals surface area contributed by atoms with Gasteiger partial charge < -0.3 is 4.74 Å². The van der Waals surface area contributed by atoms with Crippen molar-refractivity contribution in [1.82, 2.24) is 0 Å². The third-order valence-electron chi connectivity index (χ3n) is 1.39. The number of ether oxygens (including phenoxy) is 1. The average Bonchev–Trinajstić information content (AvgIpc) is 2.04. The van der Waals surface area contributed by atoms with E-state index in [1.54, 1.807) is 6.92 Å². The number of esters is 1. The van der Waals surface area contributed by atoms with Crippen LogP contribution in [0.5, 0.6) is 0 Å². The lowest BCUT2D eigenvalue weighted by atomic mass is 10.2. The van der Waals surface area contributed by atoms with E-state index < -0.39 is 0 Å². The third-order valence-corrected chi connectivity index (χ3v) is 1.47. The zero-order chi connectivity index (χ0) is 9.40. The molecule has 0 fully saturated rings. The smallest absolute Gasteiger partial charge is 0.308 e. The predicted molar refractivity (Wildman–Crippen MR) is 46.0 cm³/mol. The summed E-state index contributed by atoms with van der Waals surface area (Å²) >= 11 is 5.04. The highest BCUT2D eigenvalue weighted by atomic mass is 35.5. The lowest BCUT2D eigenvalue weighted by Gasteiger charge is -2.06. The molecule has 5 heteroatoms. The number of hydrogen-bond acceptors (Lipinski definition) is 4. The molecule has 4 nitrogen and oxygen atoms in total. The number of rotatable bonds is 5. The Morgan fingerprint density at radius 1 is 1.58 bits per heavy atom. The van der Waals surface area contributed by atoms with E-state index in [9.17, 15) is 4.79 Å². The molecule has 0 rings (SSSR count). The van der Waals surface area contributed by atoms with E-state index in [0.29, 0.717) is 6.61 Å². The number of carbonyl (C=O) groups is 1. The van der Waals surface area contributed by atoms with Gasteiger partial charge in [0.1, 0.15) is 0 Å². The van der Waals surface area contributed by atoms with Crippen LogP contribution in [0.25, 0.3) is 0 Å². The van der Waals surface area contributed by atoms with Gasteiger partial charge in [0.15, 0.2) is 0 Å². The number of carbonyl (C=O) groups excluding carboxylic acids is 1.